The van der Waals surface area contributed by atoms with Crippen LogP contribution in [0, 0.1) is 0 Å². The lowest BCUT2D eigenvalue weighted by atomic mass is 10.3. The molecular weight excluding hydrogens is 204 g/mol. The van der Waals surface area contributed by atoms with Gasteiger partial charge < -0.3 is 20.6 Å². The van der Waals surface area contributed by atoms with Gasteiger partial charge in [0.15, 0.2) is 0 Å². The van der Waals surface area contributed by atoms with Crippen LogP contribution >= 0.6 is 0 Å². The molecule has 6 heteroatoms. The second-order valence-electron chi connectivity index (χ2n) is 3.04. The Labute approximate surface area is 90.3 Å². The first-order valence-electron chi connectivity index (χ1n) is 4.59. The fourth-order valence-electron chi connectivity index (χ4n) is 1.41. The van der Waals surface area contributed by atoms with Crippen LogP contribution < -0.4 is 11.0 Å². The van der Waals surface area contributed by atoms with Gasteiger partial charge in [-0.3, -0.25) is 0 Å². The maximum Gasteiger partial charge on any atom is 0.473 e. The Bertz CT molecular complexity index is 668. The van der Waals surface area contributed by atoms with Crippen LogP contribution in [0.15, 0.2) is 42.7 Å². The zero-order chi connectivity index (χ0) is 11.4. The van der Waals surface area contributed by atoms with Crippen molar-refractivity contribution in [3.63, 3.8) is 0 Å². The van der Waals surface area contributed by atoms with Crippen LogP contribution in [0.3, 0.4) is 0 Å². The van der Waals surface area contributed by atoms with Crippen molar-refractivity contribution < 1.29 is 9.58 Å². The van der Waals surface area contributed by atoms with E-state index < -0.39 is 0 Å². The minimum atomic E-state index is 0.0776. The van der Waals surface area contributed by atoms with Crippen molar-refractivity contribution in [1.29, 1.82) is 0 Å². The average Bonchev–Trinajstić information content (AvgIpc) is 2.38. The van der Waals surface area contributed by atoms with Gasteiger partial charge in [-0.1, -0.05) is 18.2 Å². The average molecular weight is 212 g/mol. The van der Waals surface area contributed by atoms with E-state index in [0.29, 0.717) is 0 Å². The van der Waals surface area contributed by atoms with Crippen LogP contribution in [0.2, 0.25) is 0 Å². The highest BCUT2D eigenvalue weighted by Gasteiger charge is 2.11. The molecule has 0 atom stereocenters. The molecule has 6 nitrogen and oxygen atoms in total. The van der Waals surface area contributed by atoms with Gasteiger partial charge in [0.05, 0.1) is 0 Å². The summed E-state index contributed by atoms with van der Waals surface area (Å²) in [5.41, 5.74) is 18.6. The van der Waals surface area contributed by atoms with Crippen LogP contribution in [0.25, 0.3) is 16.7 Å². The second kappa shape index (κ2) is 4.23. The monoisotopic (exact) mass is 212 g/mol. The topological polar surface area (TPSA) is 93.5 Å². The number of aromatic nitrogens is 2. The third-order valence-electron chi connectivity index (χ3n) is 2.11. The second-order valence-corrected chi connectivity index (χ2v) is 3.04. The Morgan fingerprint density at radius 3 is 2.44 bits per heavy atom. The van der Waals surface area contributed by atoms with Crippen molar-refractivity contribution >= 4 is 0 Å². The minimum absolute atomic E-state index is 0.0776. The summed E-state index contributed by atoms with van der Waals surface area (Å²) < 4.78 is 1.59. The summed E-state index contributed by atoms with van der Waals surface area (Å²) in [6, 6.07) is 9.28. The fourth-order valence-corrected chi connectivity index (χ4v) is 1.41. The Morgan fingerprint density at radius 2 is 1.81 bits per heavy atom. The van der Waals surface area contributed by atoms with Crippen molar-refractivity contribution in [2.75, 3.05) is 0 Å². The van der Waals surface area contributed by atoms with Gasteiger partial charge in [0.1, 0.15) is 18.1 Å². The molecule has 0 saturated heterocycles. The molecular formula is C10H8N6. The summed E-state index contributed by atoms with van der Waals surface area (Å²) >= 11 is 0. The predicted molar refractivity (Wildman–Crippen MR) is 53.6 cm³/mol. The number of para-hydroxylation sites is 1. The molecule has 0 unspecified atom stereocenters. The molecule has 0 aliphatic heterocycles. The zero-order valence-corrected chi connectivity index (χ0v) is 8.28. The molecule has 0 bridgehead atoms. The Balaban J connectivity index is 2.89. The highest BCUT2D eigenvalue weighted by atomic mass is 15.1. The number of nitrogens with one attached hydrogen (secondary N) is 1. The highest BCUT2D eigenvalue weighted by molar-refractivity contribution is 5.30. The number of hydrogen-bond acceptors (Lipinski definition) is 0. The number of hydrogen-bond donors (Lipinski definition) is 1. The van der Waals surface area contributed by atoms with Gasteiger partial charge in [0, 0.05) is 0 Å². The van der Waals surface area contributed by atoms with Crippen molar-refractivity contribution in [3.8, 4) is 5.69 Å². The molecule has 1 aromatic carbocycles. The van der Waals surface area contributed by atoms with Gasteiger partial charge in [0.2, 0.25) is 0 Å². The van der Waals surface area contributed by atoms with E-state index in [1.807, 2.05) is 30.3 Å². The van der Waals surface area contributed by atoms with E-state index in [9.17, 15) is 0 Å². The van der Waals surface area contributed by atoms with E-state index in [-0.39, 0.29) is 11.0 Å². The molecule has 1 heterocycles. The Hall–Kier alpha value is -2.68. The summed E-state index contributed by atoms with van der Waals surface area (Å²) in [5.74, 6) is 0. The Morgan fingerprint density at radius 1 is 1.06 bits per heavy atom. The maximum atomic E-state index is 8.90. The van der Waals surface area contributed by atoms with E-state index in [1.165, 1.54) is 0 Å². The largest absolute Gasteiger partial charge is 0.497 e. The number of aromatic amines is 1. The Kier molecular flexibility index (Phi) is 2.61. The van der Waals surface area contributed by atoms with Crippen LogP contribution in [0.1, 0.15) is 0 Å². The first kappa shape index (κ1) is 9.86. The van der Waals surface area contributed by atoms with Crippen LogP contribution in [-0.2, 0) is 0 Å². The zero-order valence-electron chi connectivity index (χ0n) is 8.28. The van der Waals surface area contributed by atoms with E-state index in [4.69, 9.17) is 11.1 Å². The molecule has 2 rings (SSSR count). The molecule has 16 heavy (non-hydrogen) atoms. The summed E-state index contributed by atoms with van der Waals surface area (Å²) in [6.45, 7) is 0. The van der Waals surface area contributed by atoms with E-state index in [2.05, 4.69) is 14.6 Å². The lowest BCUT2D eigenvalue weighted by Gasteiger charge is -1.95. The van der Waals surface area contributed by atoms with Crippen molar-refractivity contribution in [2.24, 2.45) is 0 Å². The quantitative estimate of drug-likeness (QED) is 0.511. The van der Waals surface area contributed by atoms with Gasteiger partial charge in [0.25, 0.3) is 0 Å². The molecule has 0 saturated carbocycles. The standard InChI is InChI=1S/C10H8N6/c11-14-9-10(15-12)16(7-6-13-9)8-4-2-1-3-5-8/h1-7,13H. The van der Waals surface area contributed by atoms with Crippen LogP contribution in [0.5, 0.6) is 0 Å². The molecule has 0 aliphatic carbocycles. The lowest BCUT2D eigenvalue weighted by molar-refractivity contribution is -0.122. The smallest absolute Gasteiger partial charge is 0.473 e. The molecule has 0 amide bonds. The van der Waals surface area contributed by atoms with Gasteiger partial charge >= 0.3 is 11.0 Å². The normalized spacial score (nSPS) is 9.25. The van der Waals surface area contributed by atoms with E-state index in [0.717, 1.165) is 5.69 Å². The highest BCUT2D eigenvalue weighted by Crippen LogP contribution is 2.00. The molecule has 78 valence electrons. The molecule has 0 fully saturated rings. The lowest BCUT2D eigenvalue weighted by Crippen LogP contribution is -2.38. The maximum absolute atomic E-state index is 8.90. The number of benzene rings is 1. The van der Waals surface area contributed by atoms with E-state index in [1.54, 1.807) is 17.0 Å². The van der Waals surface area contributed by atoms with Crippen molar-refractivity contribution in [3.05, 3.63) is 64.8 Å². The summed E-state index contributed by atoms with van der Waals surface area (Å²) in [5, 5.41) is 0. The van der Waals surface area contributed by atoms with Crippen molar-refractivity contribution in [2.45, 2.75) is 0 Å². The number of nitrogens with zero attached hydrogens (tertiary/aromatic N) is 5. The molecule has 0 radical (unpaired) electrons. The summed E-state index contributed by atoms with van der Waals surface area (Å²) in [6.07, 6.45) is 3.25. The molecule has 2 aromatic rings. The number of rotatable bonds is 1. The van der Waals surface area contributed by atoms with Gasteiger partial charge in [-0.05, 0) is 12.1 Å². The first-order valence-corrected chi connectivity index (χ1v) is 4.59. The predicted octanol–water partition coefficient (Wildman–Crippen LogP) is 0.0664. The molecule has 0 aliphatic rings. The summed E-state index contributed by atoms with van der Waals surface area (Å²) in [7, 11) is 0. The third kappa shape index (κ3) is 1.62. The van der Waals surface area contributed by atoms with Crippen LogP contribution in [-0.4, -0.2) is 19.1 Å². The molecule has 0 spiro atoms. The van der Waals surface area contributed by atoms with Gasteiger partial charge in [-0.2, -0.15) is 4.57 Å². The number of H-pyrrole nitrogens is 1. The molecule has 1 aromatic heterocycles. The minimum Gasteiger partial charge on any atom is -0.497 e. The first-order chi connectivity index (χ1) is 7.86. The SMILES string of the molecule is [N-]=[N+]=c1[nH]ccn(-c2ccccc2)c1=[N+]=[N-]. The fraction of sp³-hybridized carbons (Fsp3) is 0. The van der Waals surface area contributed by atoms with E-state index >= 15 is 0 Å². The molecule has 1 N–H and O–H groups in total. The third-order valence-corrected chi connectivity index (χ3v) is 2.11. The van der Waals surface area contributed by atoms with Gasteiger partial charge in [-0.25, -0.2) is 4.98 Å². The summed E-state index contributed by atoms with van der Waals surface area (Å²) in [4.78, 5) is 8.75. The van der Waals surface area contributed by atoms with Gasteiger partial charge in [-0.15, -0.1) is 0 Å². The van der Waals surface area contributed by atoms with Crippen molar-refractivity contribution in [1.82, 2.24) is 9.55 Å². The van der Waals surface area contributed by atoms with Crippen LogP contribution in [0.4, 0.5) is 0 Å².